The second kappa shape index (κ2) is 13.9. The molecule has 12 nitrogen and oxygen atoms in total. The second-order valence-corrected chi connectivity index (χ2v) is 15.4. The minimum atomic E-state index is -0.273. The highest BCUT2D eigenvalue weighted by Crippen LogP contribution is 2.39. The predicted octanol–water partition coefficient (Wildman–Crippen LogP) is 6.90. The zero-order valence-electron chi connectivity index (χ0n) is 30.8. The Hall–Kier alpha value is -4.94. The van der Waals surface area contributed by atoms with Crippen molar-refractivity contribution in [3.8, 4) is 11.4 Å². The number of nitrogens with zero attached hydrogens (tertiary/aromatic N) is 7. The topological polar surface area (TPSA) is 114 Å². The monoisotopic (exact) mass is 703 g/mol. The van der Waals surface area contributed by atoms with Gasteiger partial charge in [-0.1, -0.05) is 51.1 Å². The molecule has 2 aromatic carbocycles. The number of ether oxygens (including phenoxy) is 2. The van der Waals surface area contributed by atoms with Crippen molar-refractivity contribution in [3.63, 3.8) is 0 Å². The Morgan fingerprint density at radius 2 is 1.71 bits per heavy atom. The van der Waals surface area contributed by atoms with Crippen LogP contribution >= 0.6 is 0 Å². The zero-order valence-corrected chi connectivity index (χ0v) is 30.8. The number of hydrogen-bond donors (Lipinski definition) is 2. The van der Waals surface area contributed by atoms with Crippen LogP contribution in [0.4, 0.5) is 16.3 Å². The SMILES string of the molecule is Cc1c(N2CCOCC2)cccc1-n1nc(C(C)(C)C)cc1NC(=O)N[C@H]1CC[C@@H](Oc2ccc3nnc([C@@H]4CCCN4C)n3c2)c2ccccc21. The number of nitrogens with one attached hydrogen (secondary N) is 2. The molecule has 0 saturated carbocycles. The first kappa shape index (κ1) is 34.2. The third-order valence-electron chi connectivity index (χ3n) is 10.8. The van der Waals surface area contributed by atoms with Crippen molar-refractivity contribution in [3.05, 3.63) is 95.1 Å². The summed E-state index contributed by atoms with van der Waals surface area (Å²) in [6, 6.07) is 20.3. The molecule has 2 aliphatic heterocycles. The lowest BCUT2D eigenvalue weighted by Gasteiger charge is -2.32. The molecule has 2 amide bonds. The van der Waals surface area contributed by atoms with E-state index in [2.05, 4.69) is 100 Å². The van der Waals surface area contributed by atoms with E-state index in [1.165, 1.54) is 0 Å². The molecule has 12 heteroatoms. The number of aromatic nitrogens is 5. The van der Waals surface area contributed by atoms with Crippen molar-refractivity contribution in [2.24, 2.45) is 0 Å². The smallest absolute Gasteiger partial charge is 0.320 e. The molecule has 272 valence electrons. The van der Waals surface area contributed by atoms with E-state index in [0.717, 1.165) is 96.3 Å². The molecule has 0 radical (unpaired) electrons. The van der Waals surface area contributed by atoms with E-state index >= 15 is 0 Å². The number of rotatable bonds is 7. The first-order valence-electron chi connectivity index (χ1n) is 18.5. The third kappa shape index (κ3) is 6.61. The Balaban J connectivity index is 1.01. The fraction of sp³-hybridized carbons (Fsp3) is 0.450. The Morgan fingerprint density at radius 3 is 2.48 bits per heavy atom. The maximum atomic E-state index is 13.8. The van der Waals surface area contributed by atoms with Crippen LogP contribution in [0.3, 0.4) is 0 Å². The van der Waals surface area contributed by atoms with Gasteiger partial charge in [0, 0.05) is 30.3 Å². The minimum Gasteiger partial charge on any atom is -0.484 e. The number of fused-ring (bicyclic) bond motifs is 2. The number of benzene rings is 2. The van der Waals surface area contributed by atoms with Gasteiger partial charge in [0.2, 0.25) is 0 Å². The number of amides is 2. The number of hydrogen-bond acceptors (Lipinski definition) is 8. The lowest BCUT2D eigenvalue weighted by molar-refractivity contribution is 0.122. The summed E-state index contributed by atoms with van der Waals surface area (Å²) >= 11 is 0. The summed E-state index contributed by atoms with van der Waals surface area (Å²) in [4.78, 5) is 18.5. The maximum Gasteiger partial charge on any atom is 0.320 e. The zero-order chi connectivity index (χ0) is 36.0. The molecule has 2 saturated heterocycles. The Labute approximate surface area is 305 Å². The van der Waals surface area contributed by atoms with E-state index in [1.54, 1.807) is 0 Å². The van der Waals surface area contributed by atoms with Gasteiger partial charge in [-0.25, -0.2) is 9.48 Å². The highest BCUT2D eigenvalue weighted by Gasteiger charge is 2.31. The maximum absolute atomic E-state index is 13.8. The normalized spacial score (nSPS) is 20.9. The predicted molar refractivity (Wildman–Crippen MR) is 202 cm³/mol. The Kier molecular flexibility index (Phi) is 9.12. The van der Waals surface area contributed by atoms with Gasteiger partial charge in [-0.05, 0) is 87.2 Å². The van der Waals surface area contributed by atoms with Crippen LogP contribution < -0.4 is 20.3 Å². The summed E-state index contributed by atoms with van der Waals surface area (Å²) in [6.45, 7) is 12.7. The summed E-state index contributed by atoms with van der Waals surface area (Å²) in [5.74, 6) is 2.35. The third-order valence-corrected chi connectivity index (χ3v) is 10.8. The van der Waals surface area contributed by atoms with E-state index < -0.39 is 0 Å². The van der Waals surface area contributed by atoms with E-state index in [4.69, 9.17) is 14.6 Å². The second-order valence-electron chi connectivity index (χ2n) is 15.4. The van der Waals surface area contributed by atoms with Crippen LogP contribution in [0.5, 0.6) is 5.75 Å². The number of morpholine rings is 1. The molecule has 1 aliphatic carbocycles. The van der Waals surface area contributed by atoms with Gasteiger partial charge in [0.25, 0.3) is 0 Å². The van der Waals surface area contributed by atoms with Crippen molar-refractivity contribution in [1.82, 2.24) is 34.6 Å². The highest BCUT2D eigenvalue weighted by molar-refractivity contribution is 5.89. The molecule has 2 fully saturated rings. The summed E-state index contributed by atoms with van der Waals surface area (Å²) < 4.78 is 16.2. The number of carbonyl (C=O) groups is 1. The van der Waals surface area contributed by atoms with Gasteiger partial charge in [0.1, 0.15) is 17.7 Å². The van der Waals surface area contributed by atoms with Gasteiger partial charge in [-0.3, -0.25) is 14.6 Å². The van der Waals surface area contributed by atoms with E-state index in [9.17, 15) is 4.79 Å². The van der Waals surface area contributed by atoms with Crippen LogP contribution in [0.2, 0.25) is 0 Å². The fourth-order valence-corrected chi connectivity index (χ4v) is 7.93. The first-order valence-corrected chi connectivity index (χ1v) is 18.5. The fourth-order valence-electron chi connectivity index (χ4n) is 7.93. The molecule has 3 aromatic heterocycles. The number of anilines is 2. The van der Waals surface area contributed by atoms with Crippen LogP contribution in [0.25, 0.3) is 11.3 Å². The minimum absolute atomic E-state index is 0.152. The van der Waals surface area contributed by atoms with Crippen LogP contribution in [0, 0.1) is 6.92 Å². The molecule has 3 aliphatic rings. The molecule has 52 heavy (non-hydrogen) atoms. The molecule has 5 heterocycles. The van der Waals surface area contributed by atoms with Crippen molar-refractivity contribution < 1.29 is 14.3 Å². The van der Waals surface area contributed by atoms with E-state index in [-0.39, 0.29) is 29.6 Å². The Bertz CT molecular complexity index is 2080. The van der Waals surface area contributed by atoms with Gasteiger partial charge < -0.3 is 19.7 Å². The lowest BCUT2D eigenvalue weighted by atomic mass is 9.85. The largest absolute Gasteiger partial charge is 0.484 e. The highest BCUT2D eigenvalue weighted by atomic mass is 16.5. The summed E-state index contributed by atoms with van der Waals surface area (Å²) in [7, 11) is 2.15. The van der Waals surface area contributed by atoms with E-state index in [1.807, 2.05) is 41.2 Å². The van der Waals surface area contributed by atoms with Crippen molar-refractivity contribution in [2.75, 3.05) is 50.1 Å². The molecule has 0 bridgehead atoms. The van der Waals surface area contributed by atoms with Crippen LogP contribution in [-0.2, 0) is 10.2 Å². The van der Waals surface area contributed by atoms with Crippen molar-refractivity contribution in [1.29, 1.82) is 0 Å². The molecule has 8 rings (SSSR count). The average Bonchev–Trinajstić information content (AvgIpc) is 3.88. The molecule has 5 aromatic rings. The summed E-state index contributed by atoms with van der Waals surface area (Å²) in [5, 5.41) is 20.5. The Morgan fingerprint density at radius 1 is 0.923 bits per heavy atom. The molecular formula is C40H49N9O3. The lowest BCUT2D eigenvalue weighted by Crippen LogP contribution is -2.37. The number of likely N-dealkylation sites (tertiary alicyclic amines) is 1. The van der Waals surface area contributed by atoms with Crippen molar-refractivity contribution in [2.45, 2.75) is 77.0 Å². The number of urea groups is 1. The summed E-state index contributed by atoms with van der Waals surface area (Å²) in [5.41, 5.74) is 6.84. The van der Waals surface area contributed by atoms with Crippen LogP contribution in [-0.4, -0.2) is 75.2 Å². The quantitative estimate of drug-likeness (QED) is 0.188. The molecular weight excluding hydrogens is 654 g/mol. The molecule has 2 N–H and O–H groups in total. The van der Waals surface area contributed by atoms with Gasteiger partial charge in [-0.15, -0.1) is 10.2 Å². The van der Waals surface area contributed by atoms with Gasteiger partial charge in [-0.2, -0.15) is 5.10 Å². The average molecular weight is 704 g/mol. The first-order chi connectivity index (χ1) is 25.1. The van der Waals surface area contributed by atoms with Crippen molar-refractivity contribution >= 4 is 23.2 Å². The number of carbonyl (C=O) groups excluding carboxylic acids is 1. The molecule has 0 unspecified atom stereocenters. The van der Waals surface area contributed by atoms with Gasteiger partial charge >= 0.3 is 6.03 Å². The molecule has 0 spiro atoms. The van der Waals surface area contributed by atoms with Crippen LogP contribution in [0.1, 0.15) is 92.9 Å². The summed E-state index contributed by atoms with van der Waals surface area (Å²) in [6.07, 6.45) is 5.58. The standard InChI is InChI=1S/C40H49N9O3/c1-26-31(47-20-22-51-23-21-47)12-8-13-32(26)49-37(24-35(45-49)40(2,3)4)42-39(50)41-30-16-17-34(29-11-7-6-10-28(29)30)52-27-15-18-36-43-44-38(48(36)25-27)33-14-9-19-46(33)5/h6-8,10-13,15,18,24-25,30,33-34H,9,14,16-17,19-23H2,1-5H3,(H2,41,42,50)/t30-,33-,34+/m0/s1. The van der Waals surface area contributed by atoms with Gasteiger partial charge in [0.15, 0.2) is 11.5 Å². The van der Waals surface area contributed by atoms with Gasteiger partial charge in [0.05, 0.1) is 42.9 Å². The van der Waals surface area contributed by atoms with Crippen LogP contribution in [0.15, 0.2) is 66.9 Å². The molecule has 3 atom stereocenters. The van der Waals surface area contributed by atoms with E-state index in [0.29, 0.717) is 19.0 Å². The number of pyridine rings is 1.